The molecule has 82 valence electrons. The van der Waals surface area contributed by atoms with Crippen molar-refractivity contribution in [1.82, 2.24) is 5.16 Å². The smallest absolute Gasteiger partial charge is 0.303 e. The highest BCUT2D eigenvalue weighted by molar-refractivity contribution is 5.67. The molecule has 1 aliphatic carbocycles. The van der Waals surface area contributed by atoms with Crippen molar-refractivity contribution >= 4 is 5.97 Å². The second-order valence-corrected chi connectivity index (χ2v) is 4.09. The molecule has 0 aliphatic heterocycles. The van der Waals surface area contributed by atoms with Crippen LogP contribution < -0.4 is 0 Å². The van der Waals surface area contributed by atoms with Gasteiger partial charge in [0.2, 0.25) is 0 Å². The number of fused-ring (bicyclic) bond motifs is 1. The van der Waals surface area contributed by atoms with Crippen molar-refractivity contribution < 1.29 is 14.4 Å². The highest BCUT2D eigenvalue weighted by Crippen LogP contribution is 2.29. The number of nitrogens with zero attached hydrogens (tertiary/aromatic N) is 1. The first-order valence-corrected chi connectivity index (χ1v) is 5.38. The lowest BCUT2D eigenvalue weighted by atomic mass is 9.85. The van der Waals surface area contributed by atoms with Gasteiger partial charge in [0.15, 0.2) is 0 Å². The van der Waals surface area contributed by atoms with Gasteiger partial charge in [-0.3, -0.25) is 4.79 Å². The Hall–Kier alpha value is -1.32. The second kappa shape index (κ2) is 4.04. The molecule has 1 unspecified atom stereocenters. The quantitative estimate of drug-likeness (QED) is 0.824. The molecule has 0 bridgehead atoms. The summed E-state index contributed by atoms with van der Waals surface area (Å²) in [6, 6.07) is 0. The molecule has 0 spiro atoms. The summed E-state index contributed by atoms with van der Waals surface area (Å²) in [4.78, 5) is 10.6. The number of aliphatic carboxylic acids is 1. The van der Waals surface area contributed by atoms with Crippen LogP contribution in [0.4, 0.5) is 0 Å². The molecule has 0 saturated carbocycles. The summed E-state index contributed by atoms with van der Waals surface area (Å²) in [7, 11) is 0. The van der Waals surface area contributed by atoms with Crippen molar-refractivity contribution in [3.8, 4) is 0 Å². The minimum absolute atomic E-state index is 0.215. The zero-order chi connectivity index (χ0) is 10.8. The van der Waals surface area contributed by atoms with Crippen LogP contribution in [0.15, 0.2) is 4.52 Å². The Kier molecular flexibility index (Phi) is 2.75. The van der Waals surface area contributed by atoms with Gasteiger partial charge in [-0.15, -0.1) is 0 Å². The van der Waals surface area contributed by atoms with Crippen molar-refractivity contribution in [2.24, 2.45) is 5.92 Å². The fourth-order valence-corrected chi connectivity index (χ4v) is 2.24. The lowest BCUT2D eigenvalue weighted by Gasteiger charge is -2.18. The van der Waals surface area contributed by atoms with Crippen molar-refractivity contribution in [2.45, 2.75) is 39.0 Å². The standard InChI is InChI=1S/C11H15NO3/c1-2-9-8-4-3-7(6-11(13)14)5-10(8)15-12-9/h7H,2-6H2,1H3,(H,13,14). The molecule has 0 saturated heterocycles. The van der Waals surface area contributed by atoms with E-state index in [1.807, 2.05) is 0 Å². The minimum atomic E-state index is -0.723. The number of aromatic nitrogens is 1. The van der Waals surface area contributed by atoms with Gasteiger partial charge in [-0.2, -0.15) is 0 Å². The molecule has 1 atom stereocenters. The maximum absolute atomic E-state index is 10.6. The molecule has 0 fully saturated rings. The summed E-state index contributed by atoms with van der Waals surface area (Å²) in [5.74, 6) is 0.399. The molecule has 1 heterocycles. The Morgan fingerprint density at radius 3 is 3.13 bits per heavy atom. The zero-order valence-electron chi connectivity index (χ0n) is 8.82. The number of aryl methyl sites for hydroxylation is 1. The molecule has 0 amide bonds. The highest BCUT2D eigenvalue weighted by atomic mass is 16.5. The van der Waals surface area contributed by atoms with E-state index in [0.29, 0.717) is 0 Å². The highest BCUT2D eigenvalue weighted by Gasteiger charge is 2.26. The first-order valence-electron chi connectivity index (χ1n) is 5.38. The third-order valence-corrected chi connectivity index (χ3v) is 3.03. The molecule has 1 N–H and O–H groups in total. The third-order valence-electron chi connectivity index (χ3n) is 3.03. The number of hydrogen-bond donors (Lipinski definition) is 1. The maximum Gasteiger partial charge on any atom is 0.303 e. The summed E-state index contributed by atoms with van der Waals surface area (Å²) >= 11 is 0. The number of carboxylic acids is 1. The van der Waals surface area contributed by atoms with Gasteiger partial charge in [0.05, 0.1) is 5.69 Å². The van der Waals surface area contributed by atoms with Crippen LogP contribution in [0.3, 0.4) is 0 Å². The van der Waals surface area contributed by atoms with E-state index in [4.69, 9.17) is 9.63 Å². The lowest BCUT2D eigenvalue weighted by Crippen LogP contribution is -2.16. The largest absolute Gasteiger partial charge is 0.481 e. The Morgan fingerprint density at radius 1 is 1.67 bits per heavy atom. The molecular weight excluding hydrogens is 194 g/mol. The number of rotatable bonds is 3. The Balaban J connectivity index is 2.10. The number of carboxylic acid groups (broad SMARTS) is 1. The van der Waals surface area contributed by atoms with Crippen molar-refractivity contribution in [1.29, 1.82) is 0 Å². The van der Waals surface area contributed by atoms with Gasteiger partial charge in [-0.1, -0.05) is 12.1 Å². The van der Waals surface area contributed by atoms with Gasteiger partial charge in [-0.05, 0) is 25.2 Å². The predicted octanol–water partition coefficient (Wildman–Crippen LogP) is 1.82. The number of hydrogen-bond acceptors (Lipinski definition) is 3. The van der Waals surface area contributed by atoms with E-state index in [0.717, 1.165) is 37.1 Å². The van der Waals surface area contributed by atoms with Gasteiger partial charge in [-0.25, -0.2) is 0 Å². The van der Waals surface area contributed by atoms with Gasteiger partial charge in [0.1, 0.15) is 5.76 Å². The average Bonchev–Trinajstić information content (AvgIpc) is 2.58. The lowest BCUT2D eigenvalue weighted by molar-refractivity contribution is -0.138. The molecule has 0 aromatic carbocycles. The monoisotopic (exact) mass is 209 g/mol. The van der Waals surface area contributed by atoms with Crippen LogP contribution in [0.2, 0.25) is 0 Å². The topological polar surface area (TPSA) is 63.3 Å². The zero-order valence-corrected chi connectivity index (χ0v) is 8.82. The van der Waals surface area contributed by atoms with E-state index in [1.54, 1.807) is 0 Å². The van der Waals surface area contributed by atoms with Gasteiger partial charge in [0.25, 0.3) is 0 Å². The summed E-state index contributed by atoms with van der Waals surface area (Å²) in [5, 5.41) is 12.7. The third kappa shape index (κ3) is 2.03. The summed E-state index contributed by atoms with van der Waals surface area (Å²) in [6.07, 6.45) is 3.71. The first-order chi connectivity index (χ1) is 7.20. The summed E-state index contributed by atoms with van der Waals surface area (Å²) < 4.78 is 5.25. The summed E-state index contributed by atoms with van der Waals surface area (Å²) in [5.41, 5.74) is 2.26. The van der Waals surface area contributed by atoms with Crippen LogP contribution in [0, 0.1) is 5.92 Å². The fraction of sp³-hybridized carbons (Fsp3) is 0.636. The minimum Gasteiger partial charge on any atom is -0.481 e. The van der Waals surface area contributed by atoms with E-state index in [9.17, 15) is 4.79 Å². The maximum atomic E-state index is 10.6. The Labute approximate surface area is 88.3 Å². The van der Waals surface area contributed by atoms with Crippen molar-refractivity contribution in [3.63, 3.8) is 0 Å². The van der Waals surface area contributed by atoms with E-state index >= 15 is 0 Å². The van der Waals surface area contributed by atoms with Crippen molar-refractivity contribution in [3.05, 3.63) is 17.0 Å². The van der Waals surface area contributed by atoms with E-state index in [2.05, 4.69) is 12.1 Å². The summed E-state index contributed by atoms with van der Waals surface area (Å²) in [6.45, 7) is 2.06. The van der Waals surface area contributed by atoms with Gasteiger partial charge < -0.3 is 9.63 Å². The van der Waals surface area contributed by atoms with Crippen molar-refractivity contribution in [2.75, 3.05) is 0 Å². The first kappa shape index (κ1) is 10.2. The molecule has 2 rings (SSSR count). The SMILES string of the molecule is CCc1noc2c1CCC(CC(=O)O)C2. The normalized spacial score (nSPS) is 19.9. The Bertz CT molecular complexity index is 370. The van der Waals surface area contributed by atoms with E-state index in [1.165, 1.54) is 5.56 Å². The average molecular weight is 209 g/mol. The van der Waals surface area contributed by atoms with Gasteiger partial charge >= 0.3 is 5.97 Å². The van der Waals surface area contributed by atoms with E-state index < -0.39 is 5.97 Å². The molecule has 4 heteroatoms. The molecule has 0 radical (unpaired) electrons. The van der Waals surface area contributed by atoms with Crippen LogP contribution >= 0.6 is 0 Å². The molecule has 4 nitrogen and oxygen atoms in total. The molecule has 1 aliphatic rings. The van der Waals surface area contributed by atoms with Crippen LogP contribution in [0.1, 0.15) is 36.8 Å². The van der Waals surface area contributed by atoms with E-state index in [-0.39, 0.29) is 12.3 Å². The molecule has 15 heavy (non-hydrogen) atoms. The predicted molar refractivity (Wildman–Crippen MR) is 53.6 cm³/mol. The van der Waals surface area contributed by atoms with Crippen LogP contribution in [-0.4, -0.2) is 16.2 Å². The van der Waals surface area contributed by atoms with Crippen LogP contribution in [0.25, 0.3) is 0 Å². The fourth-order valence-electron chi connectivity index (χ4n) is 2.24. The number of carbonyl (C=O) groups is 1. The van der Waals surface area contributed by atoms with Crippen LogP contribution in [-0.2, 0) is 24.1 Å². The molecule has 1 aromatic heterocycles. The molecular formula is C11H15NO3. The second-order valence-electron chi connectivity index (χ2n) is 4.09. The van der Waals surface area contributed by atoms with Crippen LogP contribution in [0.5, 0.6) is 0 Å². The molecule has 1 aromatic rings. The van der Waals surface area contributed by atoms with Gasteiger partial charge in [0, 0.05) is 18.4 Å². The Morgan fingerprint density at radius 2 is 2.47 bits per heavy atom.